The van der Waals surface area contributed by atoms with Crippen molar-refractivity contribution in [2.45, 2.75) is 56.8 Å². The number of anilines is 4. The molecule has 2 atom stereocenters. The molecule has 1 saturated heterocycles. The van der Waals surface area contributed by atoms with Crippen LogP contribution in [0.1, 0.15) is 53.6 Å². The van der Waals surface area contributed by atoms with Crippen LogP contribution >= 0.6 is 0 Å². The Hall–Kier alpha value is -4.10. The first-order valence-electron chi connectivity index (χ1n) is 17.0. The minimum atomic E-state index is -4.74. The quantitative estimate of drug-likeness (QED) is 0.243. The third kappa shape index (κ3) is 6.62. The van der Waals surface area contributed by atoms with Crippen molar-refractivity contribution < 1.29 is 27.4 Å². The number of carbonyl (C=O) groups is 1. The molecule has 2 heterocycles. The standard InChI is InChI=1S/C36H44F3N7O3/c1-21-6-5-7-26(33(47)40-2)30(21)43-32-27(36(37,38)39)20-41-34(44-32)42-28-9-8-25(16-29(28)48-4)49-35-17-22-14-23(18-35)31(24(15-22)19-35)46-12-10-45(3)11-13-46/h5-9,16,20,22-24,31H,10-15,17-19H2,1-4H3,(H,40,47)(H2,41,42,43,44). The maximum Gasteiger partial charge on any atom is 0.421 e. The Balaban J connectivity index is 1.11. The Bertz CT molecular complexity index is 1700. The van der Waals surface area contributed by atoms with Crippen LogP contribution in [0.4, 0.5) is 36.3 Å². The van der Waals surface area contributed by atoms with Gasteiger partial charge < -0.3 is 30.3 Å². The van der Waals surface area contributed by atoms with Gasteiger partial charge in [0.05, 0.1) is 24.0 Å². The van der Waals surface area contributed by atoms with Gasteiger partial charge in [-0.05, 0) is 87.6 Å². The number of nitrogens with zero attached hydrogens (tertiary/aromatic N) is 4. The number of para-hydroxylation sites is 1. The molecule has 1 aromatic heterocycles. The number of nitrogens with one attached hydrogen (secondary N) is 3. The van der Waals surface area contributed by atoms with Gasteiger partial charge in [0.1, 0.15) is 28.5 Å². The van der Waals surface area contributed by atoms with Gasteiger partial charge in [0.2, 0.25) is 5.95 Å². The number of piperazine rings is 1. The Kier molecular flexibility index (Phi) is 8.85. The van der Waals surface area contributed by atoms with Crippen LogP contribution in [-0.4, -0.2) is 84.7 Å². The summed E-state index contributed by atoms with van der Waals surface area (Å²) in [4.78, 5) is 25.9. The topological polar surface area (TPSA) is 104 Å². The highest BCUT2D eigenvalue weighted by molar-refractivity contribution is 6.00. The normalized spacial score (nSPS) is 26.8. The first-order valence-corrected chi connectivity index (χ1v) is 17.0. The van der Waals surface area contributed by atoms with Crippen LogP contribution in [0.2, 0.25) is 0 Å². The fourth-order valence-corrected chi connectivity index (χ4v) is 8.99. The molecule has 1 amide bonds. The van der Waals surface area contributed by atoms with E-state index in [1.807, 2.05) is 12.1 Å². The molecule has 262 valence electrons. The van der Waals surface area contributed by atoms with Crippen molar-refractivity contribution in [3.05, 3.63) is 59.3 Å². The Morgan fingerprint density at radius 2 is 1.76 bits per heavy atom. The number of rotatable bonds is 9. The fourth-order valence-electron chi connectivity index (χ4n) is 8.99. The van der Waals surface area contributed by atoms with E-state index in [0.717, 1.165) is 51.6 Å². The van der Waals surface area contributed by atoms with Gasteiger partial charge in [0.25, 0.3) is 5.91 Å². The van der Waals surface area contributed by atoms with Crippen molar-refractivity contribution in [2.75, 3.05) is 58.0 Å². The molecule has 3 aromatic rings. The highest BCUT2D eigenvalue weighted by atomic mass is 19.4. The van der Waals surface area contributed by atoms with Gasteiger partial charge in [-0.3, -0.25) is 9.69 Å². The Morgan fingerprint density at radius 3 is 2.43 bits per heavy atom. The summed E-state index contributed by atoms with van der Waals surface area (Å²) in [7, 11) is 5.20. The van der Waals surface area contributed by atoms with Crippen LogP contribution in [0.5, 0.6) is 11.5 Å². The summed E-state index contributed by atoms with van der Waals surface area (Å²) < 4.78 is 54.8. The molecule has 8 rings (SSSR count). The molecular formula is C36H44F3N7O3. The van der Waals surface area contributed by atoms with Crippen molar-refractivity contribution in [1.82, 2.24) is 25.1 Å². The molecule has 49 heavy (non-hydrogen) atoms. The number of benzene rings is 2. The number of ether oxygens (including phenoxy) is 2. The molecule has 5 fully saturated rings. The molecule has 10 nitrogen and oxygen atoms in total. The van der Waals surface area contributed by atoms with Crippen LogP contribution in [-0.2, 0) is 6.18 Å². The van der Waals surface area contributed by atoms with E-state index in [1.165, 1.54) is 33.1 Å². The minimum absolute atomic E-state index is 0.0754. The van der Waals surface area contributed by atoms with Gasteiger partial charge in [0.15, 0.2) is 0 Å². The first-order chi connectivity index (χ1) is 23.4. The lowest BCUT2D eigenvalue weighted by Gasteiger charge is -2.62. The molecule has 0 spiro atoms. The van der Waals surface area contributed by atoms with E-state index >= 15 is 0 Å². The number of alkyl halides is 3. The summed E-state index contributed by atoms with van der Waals surface area (Å²) in [5, 5.41) is 8.31. The van der Waals surface area contributed by atoms with Gasteiger partial charge >= 0.3 is 6.18 Å². The molecule has 5 aliphatic rings. The Morgan fingerprint density at radius 1 is 1.02 bits per heavy atom. The van der Waals surface area contributed by atoms with E-state index in [9.17, 15) is 18.0 Å². The average molecular weight is 680 g/mol. The second kappa shape index (κ2) is 13.0. The van der Waals surface area contributed by atoms with Crippen molar-refractivity contribution in [3.8, 4) is 11.5 Å². The number of hydrogen-bond donors (Lipinski definition) is 3. The lowest BCUT2D eigenvalue weighted by atomic mass is 9.51. The van der Waals surface area contributed by atoms with Crippen LogP contribution in [0.15, 0.2) is 42.6 Å². The minimum Gasteiger partial charge on any atom is -0.494 e. The lowest BCUT2D eigenvalue weighted by molar-refractivity contribution is -0.150. The summed E-state index contributed by atoms with van der Waals surface area (Å²) in [6, 6.07) is 11.0. The molecule has 0 radical (unpaired) electrons. The predicted octanol–water partition coefficient (Wildman–Crippen LogP) is 6.23. The van der Waals surface area contributed by atoms with Crippen molar-refractivity contribution in [1.29, 1.82) is 0 Å². The smallest absolute Gasteiger partial charge is 0.421 e. The highest BCUT2D eigenvalue weighted by Crippen LogP contribution is 2.58. The van der Waals surface area contributed by atoms with Crippen LogP contribution in [0.25, 0.3) is 0 Å². The number of hydrogen-bond acceptors (Lipinski definition) is 9. The number of halogens is 3. The average Bonchev–Trinajstić information content (AvgIpc) is 3.05. The van der Waals surface area contributed by atoms with E-state index < -0.39 is 23.5 Å². The highest BCUT2D eigenvalue weighted by Gasteiger charge is 2.58. The maximum atomic E-state index is 14.1. The molecule has 2 aromatic carbocycles. The lowest BCUT2D eigenvalue weighted by Crippen LogP contribution is -2.65. The van der Waals surface area contributed by atoms with Crippen molar-refractivity contribution >= 4 is 29.0 Å². The molecule has 4 saturated carbocycles. The third-order valence-corrected chi connectivity index (χ3v) is 11.0. The SMILES string of the molecule is CNC(=O)c1cccc(C)c1Nc1nc(Nc2ccc(OC34CC5CC(C3)C(N3CCN(C)CC3)C(C5)C4)cc2OC)ncc1C(F)(F)F. The largest absolute Gasteiger partial charge is 0.494 e. The summed E-state index contributed by atoms with van der Waals surface area (Å²) in [6.45, 7) is 6.23. The number of aromatic nitrogens is 2. The van der Waals surface area contributed by atoms with E-state index in [1.54, 1.807) is 25.1 Å². The zero-order chi connectivity index (χ0) is 34.5. The van der Waals surface area contributed by atoms with E-state index in [-0.39, 0.29) is 22.8 Å². The number of likely N-dealkylation sites (N-methyl/N-ethyl adjacent to an activating group) is 1. The molecule has 13 heteroatoms. The monoisotopic (exact) mass is 679 g/mol. The van der Waals surface area contributed by atoms with Crippen LogP contribution in [0, 0.1) is 24.7 Å². The molecule has 4 bridgehead atoms. The van der Waals surface area contributed by atoms with Crippen LogP contribution < -0.4 is 25.4 Å². The number of carbonyl (C=O) groups excluding carboxylic acids is 1. The molecule has 4 aliphatic carbocycles. The maximum absolute atomic E-state index is 14.1. The van der Waals surface area contributed by atoms with E-state index in [2.05, 4.69) is 42.8 Å². The molecule has 1 aliphatic heterocycles. The number of amides is 1. The molecule has 2 unspecified atom stereocenters. The zero-order valence-corrected chi connectivity index (χ0v) is 28.4. The summed E-state index contributed by atoms with van der Waals surface area (Å²) >= 11 is 0. The second-order valence-corrected chi connectivity index (χ2v) is 14.2. The van der Waals surface area contributed by atoms with Gasteiger partial charge in [-0.25, -0.2) is 4.98 Å². The second-order valence-electron chi connectivity index (χ2n) is 14.2. The van der Waals surface area contributed by atoms with E-state index in [4.69, 9.17) is 9.47 Å². The molecule has 3 N–H and O–H groups in total. The summed E-state index contributed by atoms with van der Waals surface area (Å²) in [5.74, 6) is 2.13. The van der Waals surface area contributed by atoms with Crippen molar-refractivity contribution in [2.24, 2.45) is 17.8 Å². The number of aryl methyl sites for hydroxylation is 1. The van der Waals surface area contributed by atoms with Gasteiger partial charge in [-0.1, -0.05) is 12.1 Å². The fraction of sp³-hybridized carbons (Fsp3) is 0.528. The Labute approximate surface area is 284 Å². The first kappa shape index (κ1) is 33.4. The van der Waals surface area contributed by atoms with Crippen molar-refractivity contribution in [3.63, 3.8) is 0 Å². The third-order valence-electron chi connectivity index (χ3n) is 11.0. The van der Waals surface area contributed by atoms with Gasteiger partial charge in [0, 0.05) is 51.5 Å². The molecular weight excluding hydrogens is 635 g/mol. The number of methoxy groups -OCH3 is 1. The van der Waals surface area contributed by atoms with Gasteiger partial charge in [-0.15, -0.1) is 0 Å². The summed E-state index contributed by atoms with van der Waals surface area (Å²) in [5.41, 5.74) is 0.201. The van der Waals surface area contributed by atoms with Gasteiger partial charge in [-0.2, -0.15) is 18.2 Å². The zero-order valence-electron chi connectivity index (χ0n) is 28.4. The van der Waals surface area contributed by atoms with E-state index in [0.29, 0.717) is 46.5 Å². The van der Waals surface area contributed by atoms with Crippen LogP contribution in [0.3, 0.4) is 0 Å². The summed E-state index contributed by atoms with van der Waals surface area (Å²) in [6.07, 6.45) is 1.72. The predicted molar refractivity (Wildman–Crippen MR) is 181 cm³/mol.